The van der Waals surface area contributed by atoms with Crippen molar-refractivity contribution in [2.45, 2.75) is 6.42 Å². The lowest BCUT2D eigenvalue weighted by molar-refractivity contribution is -0.124. The molecule has 7 heteroatoms. The van der Waals surface area contributed by atoms with Crippen molar-refractivity contribution in [3.63, 3.8) is 0 Å². The quantitative estimate of drug-likeness (QED) is 0.728. The number of methoxy groups -OCH3 is 1. The summed E-state index contributed by atoms with van der Waals surface area (Å²) in [4.78, 5) is 38.2. The van der Waals surface area contributed by atoms with Gasteiger partial charge in [-0.2, -0.15) is 0 Å². The molecule has 1 saturated heterocycles. The molecular formula is C21H20N2O4S. The van der Waals surface area contributed by atoms with Gasteiger partial charge >= 0.3 is 0 Å². The number of ether oxygens (including phenoxy) is 1. The van der Waals surface area contributed by atoms with E-state index in [-0.39, 0.29) is 36.6 Å². The van der Waals surface area contributed by atoms with Crippen LogP contribution in [-0.2, 0) is 16.0 Å². The highest BCUT2D eigenvalue weighted by Crippen LogP contribution is 2.31. The van der Waals surface area contributed by atoms with Gasteiger partial charge < -0.3 is 10.1 Å². The van der Waals surface area contributed by atoms with Crippen LogP contribution in [0.5, 0.6) is 5.75 Å². The summed E-state index contributed by atoms with van der Waals surface area (Å²) in [6, 6.07) is 16.6. The molecule has 0 atom stereocenters. The Bertz CT molecular complexity index is 894. The first-order valence-corrected chi connectivity index (χ1v) is 9.58. The van der Waals surface area contributed by atoms with Crippen molar-refractivity contribution in [1.29, 1.82) is 0 Å². The highest BCUT2D eigenvalue weighted by Gasteiger charge is 2.34. The van der Waals surface area contributed by atoms with Crippen molar-refractivity contribution in [2.75, 3.05) is 20.2 Å². The summed E-state index contributed by atoms with van der Waals surface area (Å²) in [5.41, 5.74) is 1.72. The van der Waals surface area contributed by atoms with Crippen molar-refractivity contribution in [2.24, 2.45) is 0 Å². The van der Waals surface area contributed by atoms with Crippen molar-refractivity contribution < 1.29 is 19.1 Å². The molecule has 2 aromatic rings. The van der Waals surface area contributed by atoms with E-state index in [2.05, 4.69) is 5.32 Å². The molecule has 1 heterocycles. The average Bonchev–Trinajstić information content (AvgIpc) is 2.96. The fourth-order valence-electron chi connectivity index (χ4n) is 2.69. The molecule has 2 aromatic carbocycles. The minimum absolute atomic E-state index is 0.144. The van der Waals surface area contributed by atoms with Crippen LogP contribution in [0.2, 0.25) is 0 Å². The van der Waals surface area contributed by atoms with Gasteiger partial charge in [0, 0.05) is 13.1 Å². The maximum absolute atomic E-state index is 12.4. The van der Waals surface area contributed by atoms with Crippen LogP contribution >= 0.6 is 11.8 Å². The molecule has 0 unspecified atom stereocenters. The van der Waals surface area contributed by atoms with E-state index in [4.69, 9.17) is 4.74 Å². The van der Waals surface area contributed by atoms with Crippen molar-refractivity contribution in [3.8, 4) is 5.75 Å². The summed E-state index contributed by atoms with van der Waals surface area (Å²) in [5, 5.41) is 2.42. The molecule has 1 N–H and O–H groups in total. The fourth-order valence-corrected chi connectivity index (χ4v) is 3.56. The van der Waals surface area contributed by atoms with E-state index in [1.807, 2.05) is 42.5 Å². The molecule has 0 spiro atoms. The van der Waals surface area contributed by atoms with Crippen LogP contribution in [-0.4, -0.2) is 42.2 Å². The van der Waals surface area contributed by atoms with Gasteiger partial charge in [0.25, 0.3) is 11.1 Å². The van der Waals surface area contributed by atoms with E-state index in [0.29, 0.717) is 4.91 Å². The lowest BCUT2D eigenvalue weighted by Crippen LogP contribution is -2.37. The summed E-state index contributed by atoms with van der Waals surface area (Å²) >= 11 is 0.916. The molecule has 0 aliphatic carbocycles. The molecule has 6 nitrogen and oxygen atoms in total. The van der Waals surface area contributed by atoms with Gasteiger partial charge in [-0.25, -0.2) is 0 Å². The molecule has 1 fully saturated rings. The second-order valence-electron chi connectivity index (χ2n) is 6.12. The summed E-state index contributed by atoms with van der Waals surface area (Å²) in [7, 11) is 1.58. The zero-order valence-electron chi connectivity index (χ0n) is 15.4. The second kappa shape index (κ2) is 9.23. The normalized spacial score (nSPS) is 15.2. The summed E-state index contributed by atoms with van der Waals surface area (Å²) in [6.07, 6.45) is 1.92. The Labute approximate surface area is 167 Å². The highest BCUT2D eigenvalue weighted by molar-refractivity contribution is 8.18. The van der Waals surface area contributed by atoms with Crippen LogP contribution in [0.3, 0.4) is 0 Å². The van der Waals surface area contributed by atoms with Gasteiger partial charge in [-0.15, -0.1) is 0 Å². The number of nitrogens with zero attached hydrogens (tertiary/aromatic N) is 1. The van der Waals surface area contributed by atoms with Crippen LogP contribution in [0.25, 0.3) is 6.08 Å². The number of hydrogen-bond donors (Lipinski definition) is 1. The van der Waals surface area contributed by atoms with Crippen molar-refractivity contribution in [1.82, 2.24) is 10.2 Å². The number of carbonyl (C=O) groups is 3. The minimum atomic E-state index is -0.330. The monoisotopic (exact) mass is 396 g/mol. The Morgan fingerprint density at radius 2 is 1.82 bits per heavy atom. The molecule has 3 amide bonds. The Hall–Kier alpha value is -3.06. The predicted octanol–water partition coefficient (Wildman–Crippen LogP) is 3.09. The molecule has 28 heavy (non-hydrogen) atoms. The Morgan fingerprint density at radius 1 is 1.11 bits per heavy atom. The van der Waals surface area contributed by atoms with Gasteiger partial charge in [0.05, 0.1) is 18.4 Å². The number of nitrogens with one attached hydrogen (secondary N) is 1. The fraction of sp³-hybridized carbons (Fsp3) is 0.190. The average molecular weight is 396 g/mol. The lowest BCUT2D eigenvalue weighted by Gasteiger charge is -2.13. The van der Waals surface area contributed by atoms with E-state index < -0.39 is 0 Å². The zero-order chi connectivity index (χ0) is 19.9. The molecule has 1 aliphatic heterocycles. The smallest absolute Gasteiger partial charge is 0.293 e. The number of carbonyl (C=O) groups excluding carboxylic acids is 3. The van der Waals surface area contributed by atoms with E-state index in [1.54, 1.807) is 25.3 Å². The predicted molar refractivity (Wildman–Crippen MR) is 109 cm³/mol. The lowest BCUT2D eigenvalue weighted by atomic mass is 10.1. The van der Waals surface area contributed by atoms with Gasteiger partial charge in [0.2, 0.25) is 5.91 Å². The number of imide groups is 1. The van der Waals surface area contributed by atoms with E-state index in [1.165, 1.54) is 0 Å². The molecule has 1 aliphatic rings. The van der Waals surface area contributed by atoms with Gasteiger partial charge in [-0.05, 0) is 41.1 Å². The molecular weight excluding hydrogens is 376 g/mol. The summed E-state index contributed by atoms with van der Waals surface area (Å²) in [6.45, 7) is 0.358. The van der Waals surface area contributed by atoms with Crippen molar-refractivity contribution >= 4 is 34.9 Å². The van der Waals surface area contributed by atoms with Gasteiger partial charge in [-0.1, -0.05) is 42.5 Å². The van der Waals surface area contributed by atoms with Gasteiger partial charge in [-0.3, -0.25) is 19.3 Å². The maximum Gasteiger partial charge on any atom is 0.293 e. The van der Waals surface area contributed by atoms with Gasteiger partial charge in [0.1, 0.15) is 5.75 Å². The first-order valence-electron chi connectivity index (χ1n) is 8.77. The third-order valence-electron chi connectivity index (χ3n) is 4.15. The van der Waals surface area contributed by atoms with E-state index in [0.717, 1.165) is 33.5 Å². The van der Waals surface area contributed by atoms with Crippen molar-refractivity contribution in [3.05, 3.63) is 70.6 Å². The summed E-state index contributed by atoms with van der Waals surface area (Å²) in [5.74, 6) is 0.229. The van der Waals surface area contributed by atoms with Crippen LogP contribution in [0, 0.1) is 0 Å². The largest absolute Gasteiger partial charge is 0.497 e. The molecule has 0 aromatic heterocycles. The first-order chi connectivity index (χ1) is 13.6. The number of rotatable bonds is 7. The van der Waals surface area contributed by atoms with Gasteiger partial charge in [0.15, 0.2) is 0 Å². The Balaban J connectivity index is 1.50. The first kappa shape index (κ1) is 19.7. The van der Waals surface area contributed by atoms with E-state index >= 15 is 0 Å². The molecule has 0 radical (unpaired) electrons. The van der Waals surface area contributed by atoms with Crippen LogP contribution < -0.4 is 10.1 Å². The summed E-state index contributed by atoms with van der Waals surface area (Å²) < 4.78 is 5.09. The third-order valence-corrected chi connectivity index (χ3v) is 5.06. The Kier molecular flexibility index (Phi) is 6.49. The molecule has 144 valence electrons. The highest BCUT2D eigenvalue weighted by atomic mass is 32.2. The molecule has 3 rings (SSSR count). The maximum atomic E-state index is 12.4. The molecule has 0 bridgehead atoms. The number of amides is 3. The standard InChI is InChI=1S/C21H20N2O4S/c1-27-17-9-7-16(8-10-17)14-19(24)22-11-12-23-20(25)18(28-21(23)26)13-15-5-3-2-4-6-15/h2-10,13H,11-12,14H2,1H3,(H,22,24). The van der Waals surface area contributed by atoms with Crippen LogP contribution in [0.15, 0.2) is 59.5 Å². The van der Waals surface area contributed by atoms with Crippen LogP contribution in [0.1, 0.15) is 11.1 Å². The third kappa shape index (κ3) is 5.01. The number of hydrogen-bond acceptors (Lipinski definition) is 5. The Morgan fingerprint density at radius 3 is 2.50 bits per heavy atom. The van der Waals surface area contributed by atoms with Crippen LogP contribution in [0.4, 0.5) is 4.79 Å². The minimum Gasteiger partial charge on any atom is -0.497 e. The second-order valence-corrected chi connectivity index (χ2v) is 7.11. The topological polar surface area (TPSA) is 75.7 Å². The number of benzene rings is 2. The SMILES string of the molecule is COc1ccc(CC(=O)NCCN2C(=O)SC(=Cc3ccccc3)C2=O)cc1. The molecule has 0 saturated carbocycles. The zero-order valence-corrected chi connectivity index (χ0v) is 16.2. The number of thioether (sulfide) groups is 1. The van der Waals surface area contributed by atoms with E-state index in [9.17, 15) is 14.4 Å².